The van der Waals surface area contributed by atoms with E-state index >= 15 is 0 Å². The molecule has 9 atom stereocenters. The smallest absolute Gasteiger partial charge is 0.310 e. The lowest BCUT2D eigenvalue weighted by atomic mass is 9.77. The van der Waals surface area contributed by atoms with Crippen LogP contribution in [0.25, 0.3) is 0 Å². The number of fused-ring (bicyclic) bond motifs is 3. The predicted molar refractivity (Wildman–Crippen MR) is 158 cm³/mol. The number of esters is 2. The second-order valence-electron chi connectivity index (χ2n) is 13.7. The summed E-state index contributed by atoms with van der Waals surface area (Å²) in [4.78, 5) is 41.1. The van der Waals surface area contributed by atoms with E-state index in [4.69, 9.17) is 14.2 Å². The average Bonchev–Trinajstić information content (AvgIpc) is 3.27. The van der Waals surface area contributed by atoms with Crippen LogP contribution in [0.3, 0.4) is 0 Å². The van der Waals surface area contributed by atoms with Gasteiger partial charge in [0.1, 0.15) is 17.8 Å². The molecule has 222 valence electrons. The summed E-state index contributed by atoms with van der Waals surface area (Å²) in [6.07, 6.45) is 0.515. The Morgan fingerprint density at radius 1 is 0.905 bits per heavy atom. The average molecular weight is 571 g/mol. The van der Waals surface area contributed by atoms with Gasteiger partial charge in [0.2, 0.25) is 0 Å². The summed E-state index contributed by atoms with van der Waals surface area (Å²) >= 11 is 0. The molecule has 0 radical (unpaired) electrons. The maximum Gasteiger partial charge on any atom is 0.310 e. The largest absolute Gasteiger partial charge is 0.461 e. The van der Waals surface area contributed by atoms with E-state index in [-0.39, 0.29) is 53.9 Å². The number of ether oxygens (including phenoxy) is 3. The van der Waals surface area contributed by atoms with E-state index in [1.54, 1.807) is 0 Å². The molecule has 0 N–H and O–H groups in total. The minimum atomic E-state index is -1.21. The SMILES string of the molecule is C=C1CC[C@H]2[C@@H]([C@@H]3O[C@]4(C[C@H](C)[C@H](OC(=O)Cc5ccccc5)[C@@H]4[C@H]1OC(=O)Cc1ccccc1)C(=O)[C@H]3C)C2(C)C. The molecule has 2 aromatic rings. The first-order valence-corrected chi connectivity index (χ1v) is 15.4. The van der Waals surface area contributed by atoms with Gasteiger partial charge in [-0.25, -0.2) is 0 Å². The molecule has 6 rings (SSSR count). The van der Waals surface area contributed by atoms with Crippen molar-refractivity contribution in [2.24, 2.45) is 35.0 Å². The Labute approximate surface area is 248 Å². The van der Waals surface area contributed by atoms with Gasteiger partial charge in [0.25, 0.3) is 0 Å². The fourth-order valence-corrected chi connectivity index (χ4v) is 8.46. The van der Waals surface area contributed by atoms with Crippen molar-refractivity contribution in [1.82, 2.24) is 0 Å². The lowest BCUT2D eigenvalue weighted by molar-refractivity contribution is -0.175. The highest BCUT2D eigenvalue weighted by atomic mass is 16.6. The van der Waals surface area contributed by atoms with Crippen molar-refractivity contribution in [2.75, 3.05) is 0 Å². The molecule has 2 aromatic carbocycles. The Balaban J connectivity index is 1.37. The molecular formula is C36H42O6. The number of ketones is 1. The van der Waals surface area contributed by atoms with E-state index in [0.717, 1.165) is 23.1 Å². The molecule has 2 saturated carbocycles. The van der Waals surface area contributed by atoms with Crippen molar-refractivity contribution in [3.8, 4) is 0 Å². The van der Waals surface area contributed by atoms with Crippen LogP contribution in [0.4, 0.5) is 0 Å². The van der Waals surface area contributed by atoms with Crippen LogP contribution < -0.4 is 0 Å². The third kappa shape index (κ3) is 4.92. The third-order valence-corrected chi connectivity index (χ3v) is 10.7. The maximum atomic E-state index is 14.4. The van der Waals surface area contributed by atoms with Crippen molar-refractivity contribution in [3.63, 3.8) is 0 Å². The van der Waals surface area contributed by atoms with Gasteiger partial charge in [0, 0.05) is 5.92 Å². The lowest BCUT2D eigenvalue weighted by Crippen LogP contribution is -2.52. The molecule has 2 bridgehead atoms. The van der Waals surface area contributed by atoms with Gasteiger partial charge in [0.05, 0.1) is 24.9 Å². The normalized spacial score (nSPS) is 36.5. The van der Waals surface area contributed by atoms with E-state index < -0.39 is 29.7 Å². The van der Waals surface area contributed by atoms with E-state index in [2.05, 4.69) is 20.4 Å². The van der Waals surface area contributed by atoms with Crippen molar-refractivity contribution in [2.45, 2.75) is 83.7 Å². The molecule has 6 heteroatoms. The number of hydrogen-bond acceptors (Lipinski definition) is 6. The molecule has 2 aliphatic carbocycles. The first-order chi connectivity index (χ1) is 20.0. The highest BCUT2D eigenvalue weighted by molar-refractivity contribution is 5.93. The van der Waals surface area contributed by atoms with Crippen LogP contribution in [0.2, 0.25) is 0 Å². The Bertz CT molecular complexity index is 1370. The number of carbonyl (C=O) groups excluding carboxylic acids is 3. The number of benzene rings is 2. The molecule has 2 heterocycles. The Hall–Kier alpha value is -3.25. The molecular weight excluding hydrogens is 528 g/mol. The van der Waals surface area contributed by atoms with Gasteiger partial charge in [-0.1, -0.05) is 94.9 Å². The van der Waals surface area contributed by atoms with Crippen LogP contribution in [0.1, 0.15) is 58.1 Å². The van der Waals surface area contributed by atoms with Crippen LogP contribution in [0.15, 0.2) is 72.8 Å². The molecule has 42 heavy (non-hydrogen) atoms. The van der Waals surface area contributed by atoms with Crippen molar-refractivity contribution < 1.29 is 28.6 Å². The summed E-state index contributed by atoms with van der Waals surface area (Å²) in [5, 5.41) is 0. The van der Waals surface area contributed by atoms with Crippen molar-refractivity contribution in [3.05, 3.63) is 83.9 Å². The lowest BCUT2D eigenvalue weighted by Gasteiger charge is -2.38. The molecule has 0 unspecified atom stereocenters. The van der Waals surface area contributed by atoms with Gasteiger partial charge in [-0.15, -0.1) is 0 Å². The van der Waals surface area contributed by atoms with Crippen molar-refractivity contribution in [1.29, 1.82) is 0 Å². The Kier molecular flexibility index (Phi) is 7.41. The van der Waals surface area contributed by atoms with Crippen LogP contribution in [0.5, 0.6) is 0 Å². The maximum absolute atomic E-state index is 14.4. The molecule has 4 fully saturated rings. The highest BCUT2D eigenvalue weighted by Crippen LogP contribution is 2.67. The predicted octanol–water partition coefficient (Wildman–Crippen LogP) is 5.92. The zero-order valence-corrected chi connectivity index (χ0v) is 25.1. The van der Waals surface area contributed by atoms with Crippen LogP contribution in [-0.2, 0) is 41.4 Å². The highest BCUT2D eigenvalue weighted by Gasteiger charge is 2.73. The second-order valence-corrected chi connectivity index (χ2v) is 13.7. The zero-order valence-electron chi connectivity index (χ0n) is 25.1. The topological polar surface area (TPSA) is 78.9 Å². The van der Waals surface area contributed by atoms with E-state index in [1.807, 2.05) is 74.5 Å². The van der Waals surface area contributed by atoms with Gasteiger partial charge in [0.15, 0.2) is 5.78 Å². The van der Waals surface area contributed by atoms with Crippen LogP contribution >= 0.6 is 0 Å². The summed E-state index contributed by atoms with van der Waals surface area (Å²) < 4.78 is 19.5. The minimum absolute atomic E-state index is 0.0335. The summed E-state index contributed by atoms with van der Waals surface area (Å²) in [5.41, 5.74) is 1.30. The van der Waals surface area contributed by atoms with Gasteiger partial charge in [-0.2, -0.15) is 0 Å². The van der Waals surface area contributed by atoms with Crippen LogP contribution in [-0.4, -0.2) is 41.6 Å². The first-order valence-electron chi connectivity index (χ1n) is 15.4. The Morgan fingerprint density at radius 2 is 1.48 bits per heavy atom. The molecule has 6 nitrogen and oxygen atoms in total. The van der Waals surface area contributed by atoms with Gasteiger partial charge in [-0.05, 0) is 59.1 Å². The number of rotatable bonds is 6. The monoisotopic (exact) mass is 570 g/mol. The summed E-state index contributed by atoms with van der Waals surface area (Å²) in [6, 6.07) is 18.9. The number of hydrogen-bond donors (Lipinski definition) is 0. The number of carbonyl (C=O) groups is 3. The first kappa shape index (κ1) is 28.9. The van der Waals surface area contributed by atoms with Crippen molar-refractivity contribution >= 4 is 17.7 Å². The number of Topliss-reactive ketones (excluding diaryl/α,β-unsaturated/α-hetero) is 1. The fraction of sp³-hybridized carbons (Fsp3) is 0.528. The third-order valence-electron chi connectivity index (χ3n) is 10.7. The quantitative estimate of drug-likeness (QED) is 0.317. The van der Waals surface area contributed by atoms with Gasteiger partial charge in [-0.3, -0.25) is 14.4 Å². The zero-order chi connectivity index (χ0) is 29.8. The fourth-order valence-electron chi connectivity index (χ4n) is 8.46. The second kappa shape index (κ2) is 10.8. The van der Waals surface area contributed by atoms with Crippen LogP contribution in [0, 0.1) is 35.0 Å². The standard InChI is InChI=1S/C36H42O6/c1-21-16-17-26-29(35(26,4)5)33-23(3)34(39)36(42-33)20-22(2)32(41-28(38)19-25-14-10-7-11-15-25)30(36)31(21)40-27(37)18-24-12-8-6-9-13-24/h6-15,22-23,26,29-33H,1,16-20H2,2-5H3/t22-,23-,26-,29-,30-,31-,32-,33+,36-/m0/s1. The molecule has 2 aliphatic heterocycles. The Morgan fingerprint density at radius 3 is 2.07 bits per heavy atom. The van der Waals surface area contributed by atoms with E-state index in [0.29, 0.717) is 18.8 Å². The van der Waals surface area contributed by atoms with Gasteiger partial charge < -0.3 is 14.2 Å². The summed E-state index contributed by atoms with van der Waals surface area (Å²) in [5.74, 6) is -1.18. The molecule has 1 spiro atoms. The molecule has 2 saturated heterocycles. The summed E-state index contributed by atoms with van der Waals surface area (Å²) in [7, 11) is 0. The van der Waals surface area contributed by atoms with E-state index in [1.165, 1.54) is 0 Å². The molecule has 0 aromatic heterocycles. The van der Waals surface area contributed by atoms with E-state index in [9.17, 15) is 14.4 Å². The van der Waals surface area contributed by atoms with Gasteiger partial charge >= 0.3 is 11.9 Å². The molecule has 0 amide bonds. The molecule has 4 aliphatic rings. The summed E-state index contributed by atoms with van der Waals surface area (Å²) in [6.45, 7) is 12.9. The minimum Gasteiger partial charge on any atom is -0.461 e.